The minimum atomic E-state index is -2.96. The van der Waals surface area contributed by atoms with Crippen molar-refractivity contribution in [2.45, 2.75) is 76.3 Å². The molecule has 0 fully saturated rings. The van der Waals surface area contributed by atoms with Crippen molar-refractivity contribution in [1.29, 1.82) is 0 Å². The molecular formula is C49H48Cl2Zr. The van der Waals surface area contributed by atoms with E-state index in [2.05, 4.69) is 183 Å². The Morgan fingerprint density at radius 1 is 0.596 bits per heavy atom. The summed E-state index contributed by atoms with van der Waals surface area (Å²) in [7, 11) is 0. The van der Waals surface area contributed by atoms with Gasteiger partial charge >= 0.3 is 309 Å². The van der Waals surface area contributed by atoms with Crippen LogP contribution in [0.2, 0.25) is 3.63 Å². The number of halogens is 2. The van der Waals surface area contributed by atoms with Crippen LogP contribution in [-0.4, -0.2) is 3.21 Å². The number of benzene rings is 6. The summed E-state index contributed by atoms with van der Waals surface area (Å²) in [5.74, 6) is 0. The molecule has 0 unspecified atom stereocenters. The molecule has 8 rings (SSSR count). The zero-order chi connectivity index (χ0) is 34.9. The van der Waals surface area contributed by atoms with E-state index in [9.17, 15) is 0 Å². The van der Waals surface area contributed by atoms with Gasteiger partial charge in [0.25, 0.3) is 0 Å². The Morgan fingerprint density at radius 2 is 1.10 bits per heavy atom. The number of hydrogen-bond acceptors (Lipinski definition) is 0. The SMILES string of the molecule is Cc1cc2c(cc1C(C)(C)C)-c1cc(C(C)(C)C)c(C)[c]([Zr+2](=[C](c3cccc4ccccc34)c3cccc4ccccc34)[CH]3C=CC=C3)c1C2.[Cl-].[Cl-]. The van der Waals surface area contributed by atoms with E-state index in [1.54, 1.807) is 12.0 Å². The van der Waals surface area contributed by atoms with Gasteiger partial charge < -0.3 is 24.8 Å². The van der Waals surface area contributed by atoms with Crippen molar-refractivity contribution in [2.75, 3.05) is 0 Å². The summed E-state index contributed by atoms with van der Waals surface area (Å²) in [5, 5.41) is 5.34. The fraction of sp³-hybridized carbons (Fsp3) is 0.245. The summed E-state index contributed by atoms with van der Waals surface area (Å²) in [6.07, 6.45) is 10.7. The van der Waals surface area contributed by atoms with E-state index in [-0.39, 0.29) is 35.6 Å². The predicted octanol–water partition coefficient (Wildman–Crippen LogP) is 6.21. The molecule has 0 nitrogen and oxygen atoms in total. The topological polar surface area (TPSA) is 0 Å². The second-order valence-electron chi connectivity index (χ2n) is 16.6. The zero-order valence-electron chi connectivity index (χ0n) is 31.7. The van der Waals surface area contributed by atoms with Crippen LogP contribution in [-0.2, 0) is 38.5 Å². The maximum absolute atomic E-state index is 2.96. The first-order valence-electron chi connectivity index (χ1n) is 18.3. The van der Waals surface area contributed by atoms with Crippen molar-refractivity contribution in [1.82, 2.24) is 0 Å². The van der Waals surface area contributed by atoms with Gasteiger partial charge in [-0.2, -0.15) is 0 Å². The van der Waals surface area contributed by atoms with Crippen molar-refractivity contribution in [3.8, 4) is 11.1 Å². The largest absolute Gasteiger partial charge is 1.00 e. The van der Waals surface area contributed by atoms with E-state index >= 15 is 0 Å². The van der Waals surface area contributed by atoms with Gasteiger partial charge in [0.2, 0.25) is 0 Å². The zero-order valence-corrected chi connectivity index (χ0v) is 35.6. The van der Waals surface area contributed by atoms with Crippen LogP contribution in [0.5, 0.6) is 0 Å². The second-order valence-corrected chi connectivity index (χ2v) is 22.7. The van der Waals surface area contributed by atoms with Crippen LogP contribution in [0.15, 0.2) is 127 Å². The van der Waals surface area contributed by atoms with Crippen LogP contribution in [0.1, 0.15) is 86.1 Å². The van der Waals surface area contributed by atoms with Gasteiger partial charge in [-0.05, 0) is 0 Å². The Bertz CT molecular complexity index is 2340. The van der Waals surface area contributed by atoms with Gasteiger partial charge in [0, 0.05) is 0 Å². The van der Waals surface area contributed by atoms with Crippen LogP contribution < -0.4 is 28.1 Å². The van der Waals surface area contributed by atoms with E-state index in [1.165, 1.54) is 71.6 Å². The molecule has 6 aromatic carbocycles. The first-order valence-corrected chi connectivity index (χ1v) is 22.2. The number of aryl methyl sites for hydroxylation is 1. The van der Waals surface area contributed by atoms with Crippen molar-refractivity contribution in [3.05, 3.63) is 172 Å². The number of fused-ring (bicyclic) bond motifs is 5. The fourth-order valence-electron chi connectivity index (χ4n) is 8.97. The molecule has 2 aliphatic carbocycles. The summed E-state index contributed by atoms with van der Waals surface area (Å²) in [6.45, 7) is 19.1. The number of rotatable bonds is 4. The monoisotopic (exact) mass is 796 g/mol. The molecule has 0 aliphatic heterocycles. The molecule has 6 aromatic rings. The van der Waals surface area contributed by atoms with Gasteiger partial charge in [-0.25, -0.2) is 0 Å². The molecule has 0 amide bonds. The summed E-state index contributed by atoms with van der Waals surface area (Å²) in [5.41, 5.74) is 14.9. The van der Waals surface area contributed by atoms with E-state index in [0.29, 0.717) is 3.63 Å². The number of hydrogen-bond donors (Lipinski definition) is 0. The molecule has 2 aliphatic rings. The van der Waals surface area contributed by atoms with Crippen molar-refractivity contribution in [3.63, 3.8) is 0 Å². The molecule has 0 saturated heterocycles. The Morgan fingerprint density at radius 3 is 1.63 bits per heavy atom. The van der Waals surface area contributed by atoms with Gasteiger partial charge in [0.1, 0.15) is 0 Å². The summed E-state index contributed by atoms with van der Waals surface area (Å²) >= 11 is -2.96. The van der Waals surface area contributed by atoms with E-state index in [0.717, 1.165) is 6.42 Å². The van der Waals surface area contributed by atoms with Crippen LogP contribution in [0.25, 0.3) is 32.7 Å². The molecule has 0 saturated carbocycles. The third-order valence-corrected chi connectivity index (χ3v) is 19.4. The van der Waals surface area contributed by atoms with Crippen molar-refractivity contribution >= 4 is 28.0 Å². The second kappa shape index (κ2) is 14.5. The predicted molar refractivity (Wildman–Crippen MR) is 214 cm³/mol. The van der Waals surface area contributed by atoms with Crippen LogP contribution >= 0.6 is 0 Å². The van der Waals surface area contributed by atoms with E-state index in [4.69, 9.17) is 0 Å². The molecule has 0 aromatic heterocycles. The van der Waals surface area contributed by atoms with Crippen LogP contribution in [0.3, 0.4) is 0 Å². The van der Waals surface area contributed by atoms with E-state index in [1.807, 2.05) is 0 Å². The molecule has 0 heterocycles. The summed E-state index contributed by atoms with van der Waals surface area (Å²) in [6, 6.07) is 39.8. The van der Waals surface area contributed by atoms with E-state index < -0.39 is 21.3 Å². The van der Waals surface area contributed by atoms with Gasteiger partial charge in [0.15, 0.2) is 0 Å². The minimum Gasteiger partial charge on any atom is -1.00 e. The fourth-order valence-corrected chi connectivity index (χ4v) is 17.9. The third-order valence-electron chi connectivity index (χ3n) is 11.2. The molecule has 262 valence electrons. The summed E-state index contributed by atoms with van der Waals surface area (Å²) in [4.78, 5) is 0. The molecule has 3 heteroatoms. The minimum absolute atomic E-state index is 0. The van der Waals surface area contributed by atoms with Crippen molar-refractivity contribution in [2.24, 2.45) is 0 Å². The van der Waals surface area contributed by atoms with Gasteiger partial charge in [0.05, 0.1) is 0 Å². The maximum atomic E-state index is 2.60. The molecule has 0 bridgehead atoms. The Labute approximate surface area is 331 Å². The molecule has 52 heavy (non-hydrogen) atoms. The number of allylic oxidation sites excluding steroid dienone is 4. The molecule has 0 spiro atoms. The van der Waals surface area contributed by atoms with Crippen LogP contribution in [0, 0.1) is 13.8 Å². The quantitative estimate of drug-likeness (QED) is 0.199. The maximum Gasteiger partial charge on any atom is -1.00 e. The van der Waals surface area contributed by atoms with Crippen molar-refractivity contribution < 1.29 is 46.1 Å². The summed E-state index contributed by atoms with van der Waals surface area (Å²) < 4.78 is 3.73. The molecule has 0 N–H and O–H groups in total. The first-order chi connectivity index (χ1) is 23.9. The van der Waals surface area contributed by atoms with Gasteiger partial charge in [-0.3, -0.25) is 0 Å². The standard InChI is InChI=1S/C23H29.C21H14.C5H5.2ClH.Zr/c1-14-9-16-11-17-10-15(2)21(23(6,7)8)13-19(17)18(16)12-20(14)22(3,4)5;1-3-13-20-16(7-1)9-5-11-18(20)15-19-12-6-10-17-8-2-4-14-21(17)19;1-2-4-5-3-1;;;/h9,12-13H,11H2,1-8H3;1-14H;1-5H;2*1H;/q;;;;;+2/p-2. The van der Waals surface area contributed by atoms with Gasteiger partial charge in [-0.1, -0.05) is 0 Å². The Balaban J connectivity index is 0.00000232. The molecule has 0 atom stereocenters. The van der Waals surface area contributed by atoms with Crippen LogP contribution in [0.4, 0.5) is 0 Å². The average molecular weight is 799 g/mol. The third kappa shape index (κ3) is 6.57. The Kier molecular flexibility index (Phi) is 10.7. The first kappa shape index (κ1) is 38.4. The smallest absolute Gasteiger partial charge is 1.00 e. The Hall–Kier alpha value is -3.35. The van der Waals surface area contributed by atoms with Gasteiger partial charge in [-0.15, -0.1) is 0 Å². The molecular weight excluding hydrogens is 751 g/mol. The normalized spacial score (nSPS) is 13.4. The molecule has 0 radical (unpaired) electrons. The average Bonchev–Trinajstić information content (AvgIpc) is 3.74.